The second kappa shape index (κ2) is 3.88. The maximum Gasteiger partial charge on any atom is 0.304 e. The van der Waals surface area contributed by atoms with Crippen molar-refractivity contribution < 1.29 is 9.90 Å². The standard InChI is InChI=1S/C12H16O2/c1-4-9(2)10-6-5-7-12(10,3)8-11(13)14/h1H,5-8H2,2-3H3,(H,13,14)/b10-9-. The van der Waals surface area contributed by atoms with Gasteiger partial charge in [0.25, 0.3) is 0 Å². The van der Waals surface area contributed by atoms with Crippen LogP contribution < -0.4 is 0 Å². The number of carboxylic acid groups (broad SMARTS) is 1. The summed E-state index contributed by atoms with van der Waals surface area (Å²) >= 11 is 0. The molecule has 0 aromatic rings. The zero-order valence-corrected chi connectivity index (χ0v) is 8.76. The predicted octanol–water partition coefficient (Wildman–Crippen LogP) is 2.60. The molecule has 2 heteroatoms. The molecule has 0 radical (unpaired) electrons. The summed E-state index contributed by atoms with van der Waals surface area (Å²) in [6.07, 6.45) is 8.49. The summed E-state index contributed by atoms with van der Waals surface area (Å²) in [5.41, 5.74) is 1.89. The van der Waals surface area contributed by atoms with Gasteiger partial charge < -0.3 is 5.11 Å². The lowest BCUT2D eigenvalue weighted by molar-refractivity contribution is -0.138. The van der Waals surface area contributed by atoms with E-state index in [-0.39, 0.29) is 11.8 Å². The van der Waals surface area contributed by atoms with Gasteiger partial charge in [-0.25, -0.2) is 0 Å². The Kier molecular flexibility index (Phi) is 3.00. The van der Waals surface area contributed by atoms with E-state index >= 15 is 0 Å². The molecule has 2 nitrogen and oxygen atoms in total. The van der Waals surface area contributed by atoms with E-state index in [0.29, 0.717) is 0 Å². The maximum absolute atomic E-state index is 10.7. The van der Waals surface area contributed by atoms with Crippen LogP contribution in [0.25, 0.3) is 0 Å². The fourth-order valence-electron chi connectivity index (χ4n) is 2.36. The summed E-state index contributed by atoms with van der Waals surface area (Å²) in [7, 11) is 0. The third-order valence-electron chi connectivity index (χ3n) is 3.09. The minimum atomic E-state index is -0.739. The number of carboxylic acids is 1. The molecule has 1 fully saturated rings. The van der Waals surface area contributed by atoms with E-state index in [0.717, 1.165) is 24.8 Å². The highest BCUT2D eigenvalue weighted by Crippen LogP contribution is 2.46. The molecule has 0 aromatic heterocycles. The number of rotatable bonds is 2. The Morgan fingerprint density at radius 2 is 2.36 bits per heavy atom. The van der Waals surface area contributed by atoms with Gasteiger partial charge in [-0.1, -0.05) is 18.4 Å². The molecule has 0 bridgehead atoms. The van der Waals surface area contributed by atoms with Crippen LogP contribution in [0.1, 0.15) is 39.5 Å². The topological polar surface area (TPSA) is 37.3 Å². The Morgan fingerprint density at radius 1 is 1.71 bits per heavy atom. The Balaban J connectivity index is 2.99. The lowest BCUT2D eigenvalue weighted by Crippen LogP contribution is -2.19. The van der Waals surface area contributed by atoms with Crippen molar-refractivity contribution in [3.8, 4) is 12.3 Å². The number of carbonyl (C=O) groups is 1. The molecule has 0 saturated heterocycles. The number of allylic oxidation sites excluding steroid dienone is 2. The molecule has 1 saturated carbocycles. The molecule has 1 aliphatic rings. The third-order valence-corrected chi connectivity index (χ3v) is 3.09. The Hall–Kier alpha value is -1.23. The molecule has 76 valence electrons. The lowest BCUT2D eigenvalue weighted by atomic mass is 9.79. The molecule has 14 heavy (non-hydrogen) atoms. The van der Waals surface area contributed by atoms with Gasteiger partial charge in [-0.15, -0.1) is 6.42 Å². The van der Waals surface area contributed by atoms with Crippen LogP contribution in [0.4, 0.5) is 0 Å². The fraction of sp³-hybridized carbons (Fsp3) is 0.583. The molecule has 1 unspecified atom stereocenters. The molecule has 0 spiro atoms. The van der Waals surface area contributed by atoms with Gasteiger partial charge in [0.2, 0.25) is 0 Å². The van der Waals surface area contributed by atoms with E-state index in [1.165, 1.54) is 5.57 Å². The van der Waals surface area contributed by atoms with Crippen molar-refractivity contribution in [3.05, 3.63) is 11.1 Å². The van der Waals surface area contributed by atoms with Gasteiger partial charge in [-0.2, -0.15) is 0 Å². The molecule has 0 aliphatic heterocycles. The SMILES string of the molecule is C#C/C(C)=C1/CCCC1(C)CC(=O)O. The summed E-state index contributed by atoms with van der Waals surface area (Å²) in [5.74, 6) is 1.88. The average Bonchev–Trinajstić information content (AvgIpc) is 2.44. The molecule has 0 heterocycles. The lowest BCUT2D eigenvalue weighted by Gasteiger charge is -2.24. The van der Waals surface area contributed by atoms with Crippen molar-refractivity contribution >= 4 is 5.97 Å². The van der Waals surface area contributed by atoms with Crippen molar-refractivity contribution in [2.45, 2.75) is 39.5 Å². The van der Waals surface area contributed by atoms with Crippen molar-refractivity contribution in [1.82, 2.24) is 0 Å². The molecule has 1 rings (SSSR count). The van der Waals surface area contributed by atoms with Crippen LogP contribution in [0.15, 0.2) is 11.1 Å². The van der Waals surface area contributed by atoms with Crippen LogP contribution in [-0.4, -0.2) is 11.1 Å². The van der Waals surface area contributed by atoms with E-state index in [2.05, 4.69) is 5.92 Å². The predicted molar refractivity (Wildman–Crippen MR) is 55.7 cm³/mol. The van der Waals surface area contributed by atoms with Crippen LogP contribution in [-0.2, 0) is 4.79 Å². The minimum Gasteiger partial charge on any atom is -0.481 e. The number of terminal acetylenes is 1. The van der Waals surface area contributed by atoms with Gasteiger partial charge in [0, 0.05) is 5.41 Å². The second-order valence-electron chi connectivity index (χ2n) is 4.23. The summed E-state index contributed by atoms with van der Waals surface area (Å²) < 4.78 is 0. The normalized spacial score (nSPS) is 29.8. The van der Waals surface area contributed by atoms with Crippen LogP contribution in [0.2, 0.25) is 0 Å². The summed E-state index contributed by atoms with van der Waals surface area (Å²) in [5, 5.41) is 8.84. The van der Waals surface area contributed by atoms with Crippen LogP contribution in [0.5, 0.6) is 0 Å². The first kappa shape index (κ1) is 10.8. The van der Waals surface area contributed by atoms with Crippen molar-refractivity contribution in [3.63, 3.8) is 0 Å². The smallest absolute Gasteiger partial charge is 0.304 e. The Morgan fingerprint density at radius 3 is 2.86 bits per heavy atom. The summed E-state index contributed by atoms with van der Waals surface area (Å²) in [6, 6.07) is 0. The van der Waals surface area contributed by atoms with E-state index in [9.17, 15) is 4.79 Å². The van der Waals surface area contributed by atoms with Crippen LogP contribution in [0, 0.1) is 17.8 Å². The van der Waals surface area contributed by atoms with Gasteiger partial charge >= 0.3 is 5.97 Å². The number of aliphatic carboxylic acids is 1. The zero-order valence-electron chi connectivity index (χ0n) is 8.76. The van der Waals surface area contributed by atoms with Gasteiger partial charge in [-0.3, -0.25) is 4.79 Å². The molecule has 1 atom stereocenters. The molecular weight excluding hydrogens is 176 g/mol. The summed E-state index contributed by atoms with van der Waals surface area (Å²) in [6.45, 7) is 3.91. The maximum atomic E-state index is 10.7. The first-order valence-electron chi connectivity index (χ1n) is 4.88. The first-order chi connectivity index (χ1) is 6.49. The van der Waals surface area contributed by atoms with Gasteiger partial charge in [0.1, 0.15) is 0 Å². The second-order valence-corrected chi connectivity index (χ2v) is 4.23. The monoisotopic (exact) mass is 192 g/mol. The van der Waals surface area contributed by atoms with Crippen molar-refractivity contribution in [2.24, 2.45) is 5.41 Å². The van der Waals surface area contributed by atoms with E-state index in [1.54, 1.807) is 0 Å². The number of hydrogen-bond acceptors (Lipinski definition) is 1. The average molecular weight is 192 g/mol. The largest absolute Gasteiger partial charge is 0.481 e. The van der Waals surface area contributed by atoms with Gasteiger partial charge in [0.15, 0.2) is 0 Å². The third kappa shape index (κ3) is 1.98. The van der Waals surface area contributed by atoms with Gasteiger partial charge in [-0.05, 0) is 31.8 Å². The number of hydrogen-bond donors (Lipinski definition) is 1. The van der Waals surface area contributed by atoms with Crippen LogP contribution >= 0.6 is 0 Å². The quantitative estimate of drug-likeness (QED) is 0.683. The first-order valence-corrected chi connectivity index (χ1v) is 4.88. The highest BCUT2D eigenvalue weighted by atomic mass is 16.4. The van der Waals surface area contributed by atoms with E-state index in [4.69, 9.17) is 11.5 Å². The molecule has 0 aromatic carbocycles. The van der Waals surface area contributed by atoms with E-state index in [1.807, 2.05) is 13.8 Å². The zero-order chi connectivity index (χ0) is 10.8. The van der Waals surface area contributed by atoms with E-state index < -0.39 is 5.97 Å². The molecule has 1 aliphatic carbocycles. The molecule has 0 amide bonds. The fourth-order valence-corrected chi connectivity index (χ4v) is 2.36. The van der Waals surface area contributed by atoms with Gasteiger partial charge in [0.05, 0.1) is 6.42 Å². The molecule has 1 N–H and O–H groups in total. The highest BCUT2D eigenvalue weighted by molar-refractivity contribution is 5.68. The Labute approximate surface area is 85.0 Å². The molecular formula is C12H16O2. The summed E-state index contributed by atoms with van der Waals surface area (Å²) in [4.78, 5) is 10.7. The minimum absolute atomic E-state index is 0.196. The Bertz CT molecular complexity index is 320. The van der Waals surface area contributed by atoms with Crippen molar-refractivity contribution in [2.75, 3.05) is 0 Å². The van der Waals surface area contributed by atoms with Crippen molar-refractivity contribution in [1.29, 1.82) is 0 Å². The highest BCUT2D eigenvalue weighted by Gasteiger charge is 2.36. The van der Waals surface area contributed by atoms with Crippen LogP contribution in [0.3, 0.4) is 0 Å².